The topological polar surface area (TPSA) is 91.3 Å². The van der Waals surface area contributed by atoms with Gasteiger partial charge in [0.15, 0.2) is 0 Å². The Hall–Kier alpha value is -3.42. The summed E-state index contributed by atoms with van der Waals surface area (Å²) in [7, 11) is 0. The van der Waals surface area contributed by atoms with Gasteiger partial charge in [0, 0.05) is 46.4 Å². The molecule has 0 aliphatic carbocycles. The second-order valence-electron chi connectivity index (χ2n) is 7.98. The highest BCUT2D eigenvalue weighted by Gasteiger charge is 2.20. The van der Waals surface area contributed by atoms with Crippen molar-refractivity contribution in [2.24, 2.45) is 0 Å². The third-order valence-corrected chi connectivity index (χ3v) is 5.92. The predicted molar refractivity (Wildman–Crippen MR) is 133 cm³/mol. The van der Waals surface area contributed by atoms with Crippen LogP contribution in [0.1, 0.15) is 48.5 Å². The van der Waals surface area contributed by atoms with Gasteiger partial charge in [-0.25, -0.2) is 0 Å². The minimum absolute atomic E-state index is 0.117. The first-order valence-corrected chi connectivity index (χ1v) is 11.6. The Labute approximate surface area is 203 Å². The van der Waals surface area contributed by atoms with Crippen molar-refractivity contribution in [3.8, 4) is 16.9 Å². The predicted octanol–water partition coefficient (Wildman–Crippen LogP) is 5.39. The molecule has 4 aromatic rings. The van der Waals surface area contributed by atoms with Crippen LogP contribution >= 0.6 is 11.6 Å². The molecule has 1 atom stereocenters. The second-order valence-corrected chi connectivity index (χ2v) is 8.41. The number of amides is 1. The molecular weight excluding hydrogens is 452 g/mol. The van der Waals surface area contributed by atoms with E-state index in [4.69, 9.17) is 16.3 Å². The molecule has 2 aromatic carbocycles. The molecule has 0 fully saturated rings. The number of rotatable bonds is 8. The van der Waals surface area contributed by atoms with Crippen LogP contribution in [0.25, 0.3) is 22.0 Å². The van der Waals surface area contributed by atoms with E-state index in [0.29, 0.717) is 41.7 Å². The zero-order chi connectivity index (χ0) is 24.2. The van der Waals surface area contributed by atoms with E-state index in [1.54, 1.807) is 30.3 Å². The number of aromatic amines is 1. The normalized spacial score (nSPS) is 12.0. The Kier molecular flexibility index (Phi) is 7.14. The fraction of sp³-hybridized carbons (Fsp3) is 0.269. The minimum atomic E-state index is -0.715. The first kappa shape index (κ1) is 23.7. The summed E-state index contributed by atoms with van der Waals surface area (Å²) >= 11 is 6.18. The number of carbonyl (C=O) groups is 1. The summed E-state index contributed by atoms with van der Waals surface area (Å²) in [5.74, 6) is 0.513. The number of aliphatic hydroxyl groups excluding tert-OH is 1. The van der Waals surface area contributed by atoms with Crippen molar-refractivity contribution in [2.75, 3.05) is 13.2 Å². The van der Waals surface area contributed by atoms with Crippen LogP contribution in [0.15, 0.2) is 54.9 Å². The number of H-pyrrole nitrogens is 1. The average molecular weight is 479 g/mol. The number of hydrogen-bond donors (Lipinski definition) is 2. The maximum absolute atomic E-state index is 13.5. The van der Waals surface area contributed by atoms with E-state index in [-0.39, 0.29) is 5.91 Å². The molecule has 4 rings (SSSR count). The lowest BCUT2D eigenvalue weighted by Gasteiger charge is -2.22. The fourth-order valence-corrected chi connectivity index (χ4v) is 4.19. The van der Waals surface area contributed by atoms with Crippen LogP contribution in [-0.4, -0.2) is 44.2 Å². The smallest absolute Gasteiger partial charge is 0.254 e. The molecule has 2 heterocycles. The molecule has 34 heavy (non-hydrogen) atoms. The molecule has 8 heteroatoms. The third kappa shape index (κ3) is 4.76. The highest BCUT2D eigenvalue weighted by molar-refractivity contribution is 6.30. The van der Waals surface area contributed by atoms with Crippen molar-refractivity contribution in [1.29, 1.82) is 0 Å². The quantitative estimate of drug-likeness (QED) is 0.354. The molecule has 1 amide bonds. The Balaban J connectivity index is 1.65. The third-order valence-electron chi connectivity index (χ3n) is 5.69. The molecular formula is C26H27ClN4O3. The Morgan fingerprint density at radius 1 is 1.21 bits per heavy atom. The maximum atomic E-state index is 13.5. The van der Waals surface area contributed by atoms with E-state index in [2.05, 4.69) is 15.2 Å². The van der Waals surface area contributed by atoms with Gasteiger partial charge in [-0.2, -0.15) is 5.10 Å². The molecule has 7 nitrogen and oxygen atoms in total. The second kappa shape index (κ2) is 10.2. The first-order chi connectivity index (χ1) is 16.4. The summed E-state index contributed by atoms with van der Waals surface area (Å²) < 4.78 is 5.88. The van der Waals surface area contributed by atoms with Crippen molar-refractivity contribution in [3.63, 3.8) is 0 Å². The summed E-state index contributed by atoms with van der Waals surface area (Å²) in [6.45, 7) is 6.84. The largest absolute Gasteiger partial charge is 0.493 e. The molecule has 0 radical (unpaired) electrons. The van der Waals surface area contributed by atoms with Gasteiger partial charge in [-0.3, -0.25) is 14.9 Å². The molecule has 0 aliphatic rings. The van der Waals surface area contributed by atoms with Crippen molar-refractivity contribution in [2.45, 2.75) is 33.4 Å². The van der Waals surface area contributed by atoms with Crippen molar-refractivity contribution in [3.05, 3.63) is 76.7 Å². The number of aliphatic hydroxyl groups is 1. The van der Waals surface area contributed by atoms with Gasteiger partial charge >= 0.3 is 0 Å². The fourth-order valence-electron chi connectivity index (χ4n) is 4.00. The Morgan fingerprint density at radius 3 is 2.74 bits per heavy atom. The number of fused-ring (bicyclic) bond motifs is 1. The Morgan fingerprint density at radius 2 is 2.03 bits per heavy atom. The number of aromatic nitrogens is 3. The zero-order valence-corrected chi connectivity index (χ0v) is 20.1. The van der Waals surface area contributed by atoms with E-state index in [9.17, 15) is 9.90 Å². The van der Waals surface area contributed by atoms with Crippen LogP contribution in [0, 0.1) is 0 Å². The molecule has 0 saturated carbocycles. The number of benzene rings is 2. The highest BCUT2D eigenvalue weighted by atomic mass is 35.5. The molecule has 2 N–H and O–H groups in total. The van der Waals surface area contributed by atoms with Gasteiger partial charge < -0.3 is 14.7 Å². The number of carbonyl (C=O) groups excluding carboxylic acids is 1. The number of nitrogens with one attached hydrogen (secondary N) is 1. The Bertz CT molecular complexity index is 1320. The first-order valence-electron chi connectivity index (χ1n) is 11.2. The van der Waals surface area contributed by atoms with Crippen LogP contribution < -0.4 is 4.74 Å². The molecule has 0 saturated heterocycles. The van der Waals surface area contributed by atoms with Crippen molar-refractivity contribution < 1.29 is 14.6 Å². The summed E-state index contributed by atoms with van der Waals surface area (Å²) in [5, 5.41) is 18.5. The molecule has 0 aliphatic heterocycles. The lowest BCUT2D eigenvalue weighted by molar-refractivity contribution is 0.0752. The van der Waals surface area contributed by atoms with Crippen LogP contribution in [0.5, 0.6) is 5.75 Å². The van der Waals surface area contributed by atoms with Gasteiger partial charge in [0.2, 0.25) is 0 Å². The monoisotopic (exact) mass is 478 g/mol. The molecule has 2 aromatic heterocycles. The summed E-state index contributed by atoms with van der Waals surface area (Å²) in [6, 6.07) is 13.0. The standard InChI is InChI=1S/C26H27ClN4O3/c1-4-31(15-19-13-28-24(16(3)32)22-14-29-30-25(19)22)26(33)18-9-10-21(23(12-18)34-5-2)17-7-6-8-20(27)11-17/h6-14,16,32H,4-5,15H2,1-3H3,(H,29,30). The molecule has 0 bridgehead atoms. The zero-order valence-electron chi connectivity index (χ0n) is 19.4. The number of halogens is 1. The van der Waals surface area contributed by atoms with E-state index in [1.165, 1.54) is 0 Å². The van der Waals surface area contributed by atoms with Gasteiger partial charge in [-0.15, -0.1) is 0 Å². The van der Waals surface area contributed by atoms with Gasteiger partial charge in [0.25, 0.3) is 5.91 Å². The molecule has 176 valence electrons. The summed E-state index contributed by atoms with van der Waals surface area (Å²) in [5.41, 5.74) is 4.48. The van der Waals surface area contributed by atoms with E-state index in [0.717, 1.165) is 27.6 Å². The number of ether oxygens (including phenoxy) is 1. The van der Waals surface area contributed by atoms with Crippen LogP contribution in [0.4, 0.5) is 0 Å². The SMILES string of the molecule is CCOc1cc(C(=O)N(CC)Cc2cnc(C(C)O)c3cn[nH]c23)ccc1-c1cccc(Cl)c1. The number of nitrogens with zero attached hydrogens (tertiary/aromatic N) is 3. The van der Waals surface area contributed by atoms with Gasteiger partial charge in [0.05, 0.1) is 30.1 Å². The lowest BCUT2D eigenvalue weighted by Crippen LogP contribution is -2.30. The van der Waals surface area contributed by atoms with Crippen molar-refractivity contribution in [1.82, 2.24) is 20.1 Å². The van der Waals surface area contributed by atoms with Gasteiger partial charge in [-0.05, 0) is 56.7 Å². The van der Waals surface area contributed by atoms with Crippen LogP contribution in [-0.2, 0) is 6.54 Å². The maximum Gasteiger partial charge on any atom is 0.254 e. The highest BCUT2D eigenvalue weighted by Crippen LogP contribution is 2.33. The van der Waals surface area contributed by atoms with Crippen LogP contribution in [0.3, 0.4) is 0 Å². The van der Waals surface area contributed by atoms with E-state index < -0.39 is 6.10 Å². The number of hydrogen-bond acceptors (Lipinski definition) is 5. The molecule has 0 spiro atoms. The summed E-state index contributed by atoms with van der Waals surface area (Å²) in [6.07, 6.45) is 2.62. The van der Waals surface area contributed by atoms with Gasteiger partial charge in [0.1, 0.15) is 5.75 Å². The average Bonchev–Trinajstić information content (AvgIpc) is 3.32. The lowest BCUT2D eigenvalue weighted by atomic mass is 10.0. The minimum Gasteiger partial charge on any atom is -0.493 e. The van der Waals surface area contributed by atoms with Crippen molar-refractivity contribution >= 4 is 28.4 Å². The van der Waals surface area contributed by atoms with E-state index >= 15 is 0 Å². The number of pyridine rings is 1. The summed E-state index contributed by atoms with van der Waals surface area (Å²) in [4.78, 5) is 19.6. The van der Waals surface area contributed by atoms with Gasteiger partial charge in [-0.1, -0.05) is 23.7 Å². The molecule has 1 unspecified atom stereocenters. The van der Waals surface area contributed by atoms with E-state index in [1.807, 2.05) is 50.2 Å². The van der Waals surface area contributed by atoms with Crippen LogP contribution in [0.2, 0.25) is 5.02 Å².